The second kappa shape index (κ2) is 6.63. The Labute approximate surface area is 105 Å². The van der Waals surface area contributed by atoms with Gasteiger partial charge in [0, 0.05) is 30.6 Å². The molecule has 86 valence electrons. The van der Waals surface area contributed by atoms with Crippen molar-refractivity contribution in [2.75, 3.05) is 20.1 Å². The summed E-state index contributed by atoms with van der Waals surface area (Å²) in [5.41, 5.74) is 0. The smallest absolute Gasteiger partial charge is 0.0701 e. The molecule has 0 atom stereocenters. The highest BCUT2D eigenvalue weighted by molar-refractivity contribution is 9.11. The van der Waals surface area contributed by atoms with Gasteiger partial charge in [-0.05, 0) is 35.1 Å². The third-order valence-corrected chi connectivity index (χ3v) is 3.71. The van der Waals surface area contributed by atoms with Crippen molar-refractivity contribution in [3.63, 3.8) is 0 Å². The summed E-state index contributed by atoms with van der Waals surface area (Å²) in [4.78, 5) is 3.75. The van der Waals surface area contributed by atoms with Crippen molar-refractivity contribution in [1.82, 2.24) is 10.2 Å². The molecule has 0 radical (unpaired) electrons. The van der Waals surface area contributed by atoms with Gasteiger partial charge in [-0.3, -0.25) is 0 Å². The van der Waals surface area contributed by atoms with Gasteiger partial charge >= 0.3 is 0 Å². The predicted molar refractivity (Wildman–Crippen MR) is 71.5 cm³/mol. The maximum Gasteiger partial charge on any atom is 0.0701 e. The molecule has 0 aliphatic carbocycles. The van der Waals surface area contributed by atoms with E-state index in [1.165, 1.54) is 8.66 Å². The van der Waals surface area contributed by atoms with Gasteiger partial charge in [0.2, 0.25) is 0 Å². The first-order valence-corrected chi connectivity index (χ1v) is 6.85. The number of rotatable bonds is 6. The number of thiophene rings is 1. The van der Waals surface area contributed by atoms with Crippen molar-refractivity contribution in [3.05, 3.63) is 20.8 Å². The fourth-order valence-corrected chi connectivity index (χ4v) is 2.89. The summed E-state index contributed by atoms with van der Waals surface area (Å²) in [6.45, 7) is 7.54. The second-order valence-electron chi connectivity index (χ2n) is 4.05. The number of hydrogen-bond donors (Lipinski definition) is 1. The number of nitrogens with zero attached hydrogens (tertiary/aromatic N) is 1. The summed E-state index contributed by atoms with van der Waals surface area (Å²) in [6, 6.07) is 4.87. The topological polar surface area (TPSA) is 15.3 Å². The van der Waals surface area contributed by atoms with E-state index in [0.717, 1.165) is 19.6 Å². The maximum atomic E-state index is 3.48. The second-order valence-corrected chi connectivity index (χ2v) is 6.60. The van der Waals surface area contributed by atoms with Crippen LogP contribution in [0.25, 0.3) is 0 Å². The minimum absolute atomic E-state index is 0.578. The van der Waals surface area contributed by atoms with Gasteiger partial charge in [0.1, 0.15) is 0 Å². The van der Waals surface area contributed by atoms with Crippen LogP contribution in [0.15, 0.2) is 15.9 Å². The summed E-state index contributed by atoms with van der Waals surface area (Å²) < 4.78 is 1.21. The van der Waals surface area contributed by atoms with Gasteiger partial charge < -0.3 is 10.2 Å². The highest BCUT2D eigenvalue weighted by Gasteiger charge is 2.02. The molecule has 0 saturated carbocycles. The van der Waals surface area contributed by atoms with Crippen LogP contribution in [0.5, 0.6) is 0 Å². The average Bonchev–Trinajstić information content (AvgIpc) is 2.50. The van der Waals surface area contributed by atoms with E-state index in [1.54, 1.807) is 0 Å². The maximum absolute atomic E-state index is 3.48. The first kappa shape index (κ1) is 13.2. The molecule has 15 heavy (non-hydrogen) atoms. The molecule has 0 aromatic carbocycles. The molecule has 0 fully saturated rings. The zero-order valence-corrected chi connectivity index (χ0v) is 12.0. The summed E-state index contributed by atoms with van der Waals surface area (Å²) in [5, 5.41) is 3.42. The molecule has 1 rings (SSSR count). The molecule has 0 saturated heterocycles. The van der Waals surface area contributed by atoms with E-state index in [4.69, 9.17) is 0 Å². The molecule has 1 N–H and O–H groups in total. The van der Waals surface area contributed by atoms with Gasteiger partial charge in [0.25, 0.3) is 0 Å². The molecule has 0 aliphatic rings. The van der Waals surface area contributed by atoms with Gasteiger partial charge in [-0.1, -0.05) is 13.8 Å². The third kappa shape index (κ3) is 5.66. The van der Waals surface area contributed by atoms with E-state index < -0.39 is 0 Å². The molecule has 0 spiro atoms. The highest BCUT2D eigenvalue weighted by atomic mass is 79.9. The minimum Gasteiger partial charge on any atom is -0.313 e. The van der Waals surface area contributed by atoms with Crippen molar-refractivity contribution in [3.8, 4) is 0 Å². The molecule has 1 aromatic rings. The van der Waals surface area contributed by atoms with Crippen LogP contribution in [0.3, 0.4) is 0 Å². The standard InChI is InChI=1S/C11H19BrN2S/c1-9(2)13-6-7-14(3)8-10-4-5-11(12)15-10/h4-5,9,13H,6-8H2,1-3H3. The van der Waals surface area contributed by atoms with Crippen LogP contribution in [-0.4, -0.2) is 31.1 Å². The van der Waals surface area contributed by atoms with Crippen LogP contribution in [-0.2, 0) is 6.54 Å². The molecule has 4 heteroatoms. The Kier molecular flexibility index (Phi) is 5.82. The Morgan fingerprint density at radius 1 is 1.47 bits per heavy atom. The van der Waals surface area contributed by atoms with Crippen molar-refractivity contribution in [1.29, 1.82) is 0 Å². The summed E-state index contributed by atoms with van der Waals surface area (Å²) >= 11 is 5.29. The first-order chi connectivity index (χ1) is 7.08. The summed E-state index contributed by atoms with van der Waals surface area (Å²) in [6.07, 6.45) is 0. The molecule has 0 bridgehead atoms. The summed E-state index contributed by atoms with van der Waals surface area (Å²) in [5.74, 6) is 0. The van der Waals surface area contributed by atoms with Gasteiger partial charge in [-0.2, -0.15) is 0 Å². The normalized spacial score (nSPS) is 11.6. The number of likely N-dealkylation sites (N-methyl/N-ethyl adjacent to an activating group) is 1. The Morgan fingerprint density at radius 3 is 2.73 bits per heavy atom. The Hall–Kier alpha value is 0.1000. The Bertz CT molecular complexity index is 286. The van der Waals surface area contributed by atoms with Crippen LogP contribution >= 0.6 is 27.3 Å². The molecular formula is C11H19BrN2S. The van der Waals surface area contributed by atoms with E-state index >= 15 is 0 Å². The molecule has 1 heterocycles. The van der Waals surface area contributed by atoms with Crippen molar-refractivity contribution >= 4 is 27.3 Å². The lowest BCUT2D eigenvalue weighted by Gasteiger charge is -2.17. The van der Waals surface area contributed by atoms with Crippen LogP contribution in [0, 0.1) is 0 Å². The molecule has 0 aliphatic heterocycles. The zero-order valence-electron chi connectivity index (χ0n) is 9.59. The fraction of sp³-hybridized carbons (Fsp3) is 0.636. The largest absolute Gasteiger partial charge is 0.313 e. The average molecular weight is 291 g/mol. The van der Waals surface area contributed by atoms with Crippen LogP contribution in [0.2, 0.25) is 0 Å². The monoisotopic (exact) mass is 290 g/mol. The van der Waals surface area contributed by atoms with Gasteiger partial charge in [0.05, 0.1) is 3.79 Å². The van der Waals surface area contributed by atoms with Crippen LogP contribution < -0.4 is 5.32 Å². The lowest BCUT2D eigenvalue weighted by atomic mass is 10.4. The van der Waals surface area contributed by atoms with E-state index in [1.807, 2.05) is 11.3 Å². The predicted octanol–water partition coefficient (Wildman–Crippen LogP) is 2.94. The Morgan fingerprint density at radius 2 is 2.20 bits per heavy atom. The van der Waals surface area contributed by atoms with Gasteiger partial charge in [0.15, 0.2) is 0 Å². The Balaban J connectivity index is 2.21. The third-order valence-electron chi connectivity index (χ3n) is 2.10. The molecule has 0 unspecified atom stereocenters. The van der Waals surface area contributed by atoms with E-state index in [2.05, 4.69) is 59.2 Å². The molecule has 1 aromatic heterocycles. The highest BCUT2D eigenvalue weighted by Crippen LogP contribution is 2.22. The number of hydrogen-bond acceptors (Lipinski definition) is 3. The van der Waals surface area contributed by atoms with E-state index in [-0.39, 0.29) is 0 Å². The van der Waals surface area contributed by atoms with Gasteiger partial charge in [-0.15, -0.1) is 11.3 Å². The molecule has 0 amide bonds. The summed E-state index contributed by atoms with van der Waals surface area (Å²) in [7, 11) is 2.16. The van der Waals surface area contributed by atoms with E-state index in [9.17, 15) is 0 Å². The molecular weight excluding hydrogens is 272 g/mol. The lowest BCUT2D eigenvalue weighted by Crippen LogP contribution is -2.32. The number of nitrogens with one attached hydrogen (secondary N) is 1. The van der Waals surface area contributed by atoms with Crippen molar-refractivity contribution in [2.24, 2.45) is 0 Å². The number of halogens is 1. The quantitative estimate of drug-likeness (QED) is 0.867. The van der Waals surface area contributed by atoms with Crippen molar-refractivity contribution < 1.29 is 0 Å². The van der Waals surface area contributed by atoms with Crippen molar-refractivity contribution in [2.45, 2.75) is 26.4 Å². The van der Waals surface area contributed by atoms with Gasteiger partial charge in [-0.25, -0.2) is 0 Å². The first-order valence-electron chi connectivity index (χ1n) is 5.24. The minimum atomic E-state index is 0.578. The van der Waals surface area contributed by atoms with Crippen LogP contribution in [0.4, 0.5) is 0 Å². The molecule has 2 nitrogen and oxygen atoms in total. The fourth-order valence-electron chi connectivity index (χ4n) is 1.33. The van der Waals surface area contributed by atoms with E-state index in [0.29, 0.717) is 6.04 Å². The van der Waals surface area contributed by atoms with Crippen LogP contribution in [0.1, 0.15) is 18.7 Å². The lowest BCUT2D eigenvalue weighted by molar-refractivity contribution is 0.322. The SMILES string of the molecule is CC(C)NCCN(C)Cc1ccc(Br)s1. The zero-order chi connectivity index (χ0) is 11.3.